The van der Waals surface area contributed by atoms with Gasteiger partial charge in [0.2, 0.25) is 5.91 Å². The van der Waals surface area contributed by atoms with E-state index in [1.165, 1.54) is 25.7 Å². The summed E-state index contributed by atoms with van der Waals surface area (Å²) in [5, 5.41) is 0. The van der Waals surface area contributed by atoms with Crippen LogP contribution in [0.25, 0.3) is 0 Å². The first-order valence-corrected chi connectivity index (χ1v) is 9.32. The van der Waals surface area contributed by atoms with E-state index in [1.807, 2.05) is 11.8 Å². The van der Waals surface area contributed by atoms with Gasteiger partial charge < -0.3 is 14.7 Å². The van der Waals surface area contributed by atoms with Gasteiger partial charge in [0, 0.05) is 51.8 Å². The van der Waals surface area contributed by atoms with Gasteiger partial charge in [-0.15, -0.1) is 0 Å². The SMILES string of the molecule is Cc1nc(N2CCCC2)cc(N2CCN(C(=O)CC3CC3)CC2)n1. The minimum Gasteiger partial charge on any atom is -0.356 e. The van der Waals surface area contributed by atoms with Crippen molar-refractivity contribution >= 4 is 17.5 Å². The first-order chi connectivity index (χ1) is 11.7. The van der Waals surface area contributed by atoms with Crippen molar-refractivity contribution in [1.82, 2.24) is 14.9 Å². The molecule has 0 N–H and O–H groups in total. The molecule has 0 unspecified atom stereocenters. The number of piperazine rings is 1. The van der Waals surface area contributed by atoms with Crippen LogP contribution in [0, 0.1) is 12.8 Å². The number of anilines is 2. The van der Waals surface area contributed by atoms with Gasteiger partial charge >= 0.3 is 0 Å². The van der Waals surface area contributed by atoms with Crippen molar-refractivity contribution in [3.8, 4) is 0 Å². The summed E-state index contributed by atoms with van der Waals surface area (Å²) in [6.07, 6.45) is 5.74. The van der Waals surface area contributed by atoms with Crippen molar-refractivity contribution in [2.24, 2.45) is 5.92 Å². The van der Waals surface area contributed by atoms with Crippen LogP contribution in [0.3, 0.4) is 0 Å². The van der Waals surface area contributed by atoms with Crippen molar-refractivity contribution in [1.29, 1.82) is 0 Å². The Balaban J connectivity index is 1.40. The Hall–Kier alpha value is -1.85. The monoisotopic (exact) mass is 329 g/mol. The number of carbonyl (C=O) groups is 1. The Bertz CT molecular complexity index is 601. The van der Waals surface area contributed by atoms with Gasteiger partial charge in [-0.3, -0.25) is 4.79 Å². The van der Waals surface area contributed by atoms with Crippen LogP contribution in [-0.2, 0) is 4.79 Å². The standard InChI is InChI=1S/C18H27N5O/c1-14-19-16(21-6-2-3-7-21)13-17(20-14)22-8-10-23(11-9-22)18(24)12-15-4-5-15/h13,15H,2-12H2,1H3. The first-order valence-electron chi connectivity index (χ1n) is 9.32. The summed E-state index contributed by atoms with van der Waals surface area (Å²) in [7, 11) is 0. The highest BCUT2D eigenvalue weighted by Crippen LogP contribution is 2.33. The number of aromatic nitrogens is 2. The summed E-state index contributed by atoms with van der Waals surface area (Å²) in [6, 6.07) is 2.12. The highest BCUT2D eigenvalue weighted by Gasteiger charge is 2.29. The Morgan fingerprint density at radius 1 is 1.00 bits per heavy atom. The average molecular weight is 329 g/mol. The van der Waals surface area contributed by atoms with Crippen LogP contribution in [0.1, 0.15) is 37.9 Å². The van der Waals surface area contributed by atoms with Crippen molar-refractivity contribution in [2.75, 3.05) is 49.1 Å². The second-order valence-electron chi connectivity index (χ2n) is 7.34. The number of amides is 1. The maximum Gasteiger partial charge on any atom is 0.222 e. The third kappa shape index (κ3) is 3.47. The fourth-order valence-electron chi connectivity index (χ4n) is 3.69. The molecule has 0 bridgehead atoms. The second kappa shape index (κ2) is 6.57. The van der Waals surface area contributed by atoms with Gasteiger partial charge in [-0.25, -0.2) is 9.97 Å². The normalized spacial score (nSPS) is 21.5. The number of aryl methyl sites for hydroxylation is 1. The number of carbonyl (C=O) groups excluding carboxylic acids is 1. The molecule has 2 aliphatic heterocycles. The van der Waals surface area contributed by atoms with E-state index in [0.29, 0.717) is 11.8 Å². The summed E-state index contributed by atoms with van der Waals surface area (Å²) < 4.78 is 0. The highest BCUT2D eigenvalue weighted by molar-refractivity contribution is 5.77. The second-order valence-corrected chi connectivity index (χ2v) is 7.34. The largest absolute Gasteiger partial charge is 0.356 e. The zero-order valence-electron chi connectivity index (χ0n) is 14.6. The van der Waals surface area contributed by atoms with Crippen molar-refractivity contribution in [2.45, 2.75) is 39.0 Å². The van der Waals surface area contributed by atoms with Crippen molar-refractivity contribution < 1.29 is 4.79 Å². The summed E-state index contributed by atoms with van der Waals surface area (Å²) >= 11 is 0. The third-order valence-corrected chi connectivity index (χ3v) is 5.36. The number of nitrogens with zero attached hydrogens (tertiary/aromatic N) is 5. The minimum atomic E-state index is 0.341. The molecule has 1 aromatic rings. The molecule has 0 spiro atoms. The molecular formula is C18H27N5O. The minimum absolute atomic E-state index is 0.341. The number of hydrogen-bond donors (Lipinski definition) is 0. The Morgan fingerprint density at radius 3 is 2.17 bits per heavy atom. The summed E-state index contributed by atoms with van der Waals surface area (Å²) in [5.41, 5.74) is 0. The van der Waals surface area contributed by atoms with Gasteiger partial charge in [-0.2, -0.15) is 0 Å². The lowest BCUT2D eigenvalue weighted by Crippen LogP contribution is -2.49. The van der Waals surface area contributed by atoms with Gasteiger partial charge in [0.05, 0.1) is 0 Å². The van der Waals surface area contributed by atoms with E-state index < -0.39 is 0 Å². The Morgan fingerprint density at radius 2 is 1.58 bits per heavy atom. The predicted molar refractivity (Wildman–Crippen MR) is 94.4 cm³/mol. The quantitative estimate of drug-likeness (QED) is 0.843. The molecule has 3 fully saturated rings. The Labute approximate surface area is 143 Å². The van der Waals surface area contributed by atoms with Crippen LogP contribution in [0.5, 0.6) is 0 Å². The summed E-state index contributed by atoms with van der Waals surface area (Å²) in [4.78, 5) is 28.2. The zero-order chi connectivity index (χ0) is 16.5. The third-order valence-electron chi connectivity index (χ3n) is 5.36. The number of hydrogen-bond acceptors (Lipinski definition) is 5. The number of rotatable bonds is 4. The van der Waals surface area contributed by atoms with E-state index in [1.54, 1.807) is 0 Å². The van der Waals surface area contributed by atoms with Gasteiger partial charge in [0.15, 0.2) is 0 Å². The van der Waals surface area contributed by atoms with E-state index in [9.17, 15) is 4.79 Å². The van der Waals surface area contributed by atoms with E-state index in [-0.39, 0.29) is 0 Å². The Kier molecular flexibility index (Phi) is 4.29. The molecular weight excluding hydrogens is 302 g/mol. The maximum absolute atomic E-state index is 12.2. The average Bonchev–Trinajstić information content (AvgIpc) is 3.23. The maximum atomic E-state index is 12.2. The van der Waals surface area contributed by atoms with Crippen LogP contribution in [0.2, 0.25) is 0 Å². The molecule has 1 aromatic heterocycles. The molecule has 2 saturated heterocycles. The van der Waals surface area contributed by atoms with Crippen LogP contribution < -0.4 is 9.80 Å². The van der Waals surface area contributed by atoms with Crippen LogP contribution in [0.15, 0.2) is 6.07 Å². The molecule has 0 radical (unpaired) electrons. The zero-order valence-corrected chi connectivity index (χ0v) is 14.6. The fourth-order valence-corrected chi connectivity index (χ4v) is 3.69. The van der Waals surface area contributed by atoms with Crippen LogP contribution in [0.4, 0.5) is 11.6 Å². The van der Waals surface area contributed by atoms with Gasteiger partial charge in [-0.05, 0) is 38.5 Å². The van der Waals surface area contributed by atoms with E-state index >= 15 is 0 Å². The lowest BCUT2D eigenvalue weighted by molar-refractivity contribution is -0.131. The molecule has 1 saturated carbocycles. The van der Waals surface area contributed by atoms with Gasteiger partial charge in [0.25, 0.3) is 0 Å². The van der Waals surface area contributed by atoms with Crippen molar-refractivity contribution in [3.63, 3.8) is 0 Å². The molecule has 1 aliphatic carbocycles. The van der Waals surface area contributed by atoms with E-state index in [2.05, 4.69) is 25.8 Å². The smallest absolute Gasteiger partial charge is 0.222 e. The lowest BCUT2D eigenvalue weighted by Gasteiger charge is -2.36. The fraction of sp³-hybridized carbons (Fsp3) is 0.722. The molecule has 3 aliphatic rings. The van der Waals surface area contributed by atoms with E-state index in [0.717, 1.165) is 63.1 Å². The molecule has 6 heteroatoms. The van der Waals surface area contributed by atoms with Crippen molar-refractivity contribution in [3.05, 3.63) is 11.9 Å². The summed E-state index contributed by atoms with van der Waals surface area (Å²) in [5.74, 6) is 3.92. The predicted octanol–water partition coefficient (Wildman–Crippen LogP) is 1.83. The topological polar surface area (TPSA) is 52.6 Å². The van der Waals surface area contributed by atoms with Crippen LogP contribution >= 0.6 is 0 Å². The van der Waals surface area contributed by atoms with Gasteiger partial charge in [-0.1, -0.05) is 0 Å². The van der Waals surface area contributed by atoms with E-state index in [4.69, 9.17) is 0 Å². The molecule has 3 heterocycles. The molecule has 6 nitrogen and oxygen atoms in total. The molecule has 1 amide bonds. The first kappa shape index (κ1) is 15.7. The molecule has 130 valence electrons. The summed E-state index contributed by atoms with van der Waals surface area (Å²) in [6.45, 7) is 7.52. The van der Waals surface area contributed by atoms with Crippen LogP contribution in [-0.4, -0.2) is 60.0 Å². The highest BCUT2D eigenvalue weighted by atomic mass is 16.2. The molecule has 0 aromatic carbocycles. The van der Waals surface area contributed by atoms with Gasteiger partial charge in [0.1, 0.15) is 17.5 Å². The molecule has 0 atom stereocenters. The molecule has 4 rings (SSSR count). The molecule has 24 heavy (non-hydrogen) atoms. The lowest BCUT2D eigenvalue weighted by atomic mass is 10.2.